The van der Waals surface area contributed by atoms with E-state index in [0.717, 1.165) is 5.56 Å². The lowest BCUT2D eigenvalue weighted by Gasteiger charge is -2.54. The summed E-state index contributed by atoms with van der Waals surface area (Å²) in [6.45, 7) is 1.89. The molecule has 0 aromatic heterocycles. The summed E-state index contributed by atoms with van der Waals surface area (Å²) in [5, 5.41) is 24.5. The number of halogens is 1. The molecule has 10 nitrogen and oxygen atoms in total. The molecule has 0 amide bonds. The van der Waals surface area contributed by atoms with Crippen LogP contribution in [0.2, 0.25) is 0 Å². The molecule has 0 radical (unpaired) electrons. The number of aryl methyl sites for hydroxylation is 1. The van der Waals surface area contributed by atoms with Crippen molar-refractivity contribution < 1.29 is 48.2 Å². The van der Waals surface area contributed by atoms with Crippen molar-refractivity contribution in [1.29, 1.82) is 0 Å². The van der Waals surface area contributed by atoms with Gasteiger partial charge >= 0.3 is 0 Å². The minimum absolute atomic E-state index is 0.0808. The predicted molar refractivity (Wildman–Crippen MR) is 133 cm³/mol. The molecule has 2 saturated heterocycles. The van der Waals surface area contributed by atoms with E-state index in [2.05, 4.69) is 15.9 Å². The number of hydrogen-bond donors (Lipinski definition) is 2. The number of carbonyl (C=O) groups excluding carboxylic acids is 1. The van der Waals surface area contributed by atoms with E-state index >= 15 is 0 Å². The molecule has 2 aromatic rings. The van der Waals surface area contributed by atoms with Crippen LogP contribution in [0.25, 0.3) is 10.8 Å². The van der Waals surface area contributed by atoms with Gasteiger partial charge in [0.2, 0.25) is 11.9 Å². The van der Waals surface area contributed by atoms with Crippen LogP contribution >= 0.6 is 15.9 Å². The number of carbonyl (C=O) groups is 1. The standard InChI is InChI=1S/C26H29BrO10/c1-11-9-13-17(18(29)16-12(19(13)31-2)7-6-8-14(16)28)20-15(11)21-22-25(34-5,35-20)24(30,10-27)26(36-21,37-22)23(32-3)33-4/h9,21-23,29-30H,6-8,10H2,1-5H3/t21?,22?,24-,25+,26?/m0/s1. The first-order valence-corrected chi connectivity index (χ1v) is 13.2. The van der Waals surface area contributed by atoms with Gasteiger partial charge in [-0.3, -0.25) is 4.79 Å². The number of phenols is 1. The fourth-order valence-corrected chi connectivity index (χ4v) is 7.53. The lowest BCUT2D eigenvalue weighted by molar-refractivity contribution is -0.390. The zero-order chi connectivity index (χ0) is 26.5. The molecule has 6 rings (SSSR count). The van der Waals surface area contributed by atoms with Crippen molar-refractivity contribution >= 4 is 32.5 Å². The molecule has 2 fully saturated rings. The number of Topliss-reactive ketones (excluding diaryl/α,β-unsaturated/α-hetero) is 1. The number of alkyl halides is 1. The monoisotopic (exact) mass is 580 g/mol. The predicted octanol–water partition coefficient (Wildman–Crippen LogP) is 3.03. The maximum Gasteiger partial charge on any atom is 0.275 e. The molecule has 0 saturated carbocycles. The summed E-state index contributed by atoms with van der Waals surface area (Å²) in [5.41, 5.74) is 0.359. The van der Waals surface area contributed by atoms with Crippen molar-refractivity contribution in [2.24, 2.45) is 0 Å². The smallest absolute Gasteiger partial charge is 0.275 e. The number of fused-ring (bicyclic) bond motifs is 6. The largest absolute Gasteiger partial charge is 0.506 e. The average molecular weight is 581 g/mol. The van der Waals surface area contributed by atoms with Gasteiger partial charge in [0.15, 0.2) is 11.9 Å². The van der Waals surface area contributed by atoms with E-state index in [1.807, 2.05) is 13.0 Å². The number of benzene rings is 2. The van der Waals surface area contributed by atoms with Gasteiger partial charge in [-0.2, -0.15) is 0 Å². The van der Waals surface area contributed by atoms with E-state index in [1.54, 1.807) is 7.11 Å². The Bertz CT molecular complexity index is 1320. The number of hydrogen-bond acceptors (Lipinski definition) is 10. The van der Waals surface area contributed by atoms with E-state index in [1.165, 1.54) is 21.3 Å². The minimum atomic E-state index is -1.95. The molecule has 4 aliphatic rings. The number of phenolic OH excluding ortho intramolecular Hbond substituents is 1. The minimum Gasteiger partial charge on any atom is -0.506 e. The number of ketones is 1. The third kappa shape index (κ3) is 2.73. The lowest BCUT2D eigenvalue weighted by atomic mass is 9.76. The Morgan fingerprint density at radius 2 is 1.92 bits per heavy atom. The van der Waals surface area contributed by atoms with Crippen molar-refractivity contribution in [3.05, 3.63) is 28.3 Å². The summed E-state index contributed by atoms with van der Waals surface area (Å²) in [7, 11) is 5.79. The molecular formula is C26H29BrO10. The zero-order valence-electron chi connectivity index (χ0n) is 21.2. The van der Waals surface area contributed by atoms with Gasteiger partial charge in [-0.05, 0) is 31.4 Å². The van der Waals surface area contributed by atoms with Crippen LogP contribution in [0.1, 0.15) is 46.0 Å². The Balaban J connectivity index is 1.69. The van der Waals surface area contributed by atoms with Crippen molar-refractivity contribution in [2.75, 3.05) is 33.8 Å². The van der Waals surface area contributed by atoms with Gasteiger partial charge in [0, 0.05) is 49.6 Å². The second-order valence-electron chi connectivity index (χ2n) is 9.89. The van der Waals surface area contributed by atoms with Crippen LogP contribution in [0.4, 0.5) is 0 Å². The maximum atomic E-state index is 13.0. The Hall–Kier alpha value is -1.99. The highest BCUT2D eigenvalue weighted by Crippen LogP contribution is 2.67. The molecule has 2 N–H and O–H groups in total. The summed E-state index contributed by atoms with van der Waals surface area (Å²) >= 11 is 3.40. The normalized spacial score (nSPS) is 33.6. The third-order valence-corrected chi connectivity index (χ3v) is 9.13. The highest BCUT2D eigenvalue weighted by molar-refractivity contribution is 9.09. The summed E-state index contributed by atoms with van der Waals surface area (Å²) < 4.78 is 42.2. The van der Waals surface area contributed by atoms with Gasteiger partial charge in [0.25, 0.3) is 11.6 Å². The first-order valence-electron chi connectivity index (χ1n) is 12.1. The molecule has 200 valence electrons. The number of aliphatic hydroxyl groups is 1. The second-order valence-corrected chi connectivity index (χ2v) is 10.4. The second kappa shape index (κ2) is 8.25. The number of aromatic hydroxyl groups is 1. The maximum absolute atomic E-state index is 13.0. The molecule has 3 unspecified atom stereocenters. The molecule has 5 atom stereocenters. The van der Waals surface area contributed by atoms with Crippen LogP contribution in [-0.4, -0.2) is 79.3 Å². The van der Waals surface area contributed by atoms with Crippen LogP contribution in [0.3, 0.4) is 0 Å². The Kier molecular flexibility index (Phi) is 5.64. The molecule has 2 bridgehead atoms. The third-order valence-electron chi connectivity index (χ3n) is 8.31. The molecule has 37 heavy (non-hydrogen) atoms. The van der Waals surface area contributed by atoms with E-state index in [9.17, 15) is 15.0 Å². The van der Waals surface area contributed by atoms with Gasteiger partial charge in [-0.1, -0.05) is 15.9 Å². The van der Waals surface area contributed by atoms with Crippen molar-refractivity contribution in [3.63, 3.8) is 0 Å². The summed E-state index contributed by atoms with van der Waals surface area (Å²) in [6, 6.07) is 1.89. The average Bonchev–Trinajstić information content (AvgIpc) is 3.39. The molecular weight excluding hydrogens is 552 g/mol. The fourth-order valence-electron chi connectivity index (χ4n) is 6.75. The molecule has 2 aromatic carbocycles. The highest BCUT2D eigenvalue weighted by atomic mass is 79.9. The lowest BCUT2D eigenvalue weighted by Crippen LogP contribution is -2.76. The molecule has 11 heteroatoms. The van der Waals surface area contributed by atoms with Crippen LogP contribution in [0.15, 0.2) is 6.07 Å². The van der Waals surface area contributed by atoms with Gasteiger partial charge < -0.3 is 43.4 Å². The van der Waals surface area contributed by atoms with E-state index in [-0.39, 0.29) is 28.2 Å². The van der Waals surface area contributed by atoms with Crippen LogP contribution in [0.5, 0.6) is 17.2 Å². The quantitative estimate of drug-likeness (QED) is 0.389. The Labute approximate surface area is 221 Å². The number of methoxy groups -OCH3 is 4. The van der Waals surface area contributed by atoms with Gasteiger partial charge in [0.05, 0.1) is 18.1 Å². The summed E-state index contributed by atoms with van der Waals surface area (Å²) in [5.74, 6) is -3.17. The van der Waals surface area contributed by atoms with E-state index in [4.69, 9.17) is 33.2 Å². The molecule has 1 aliphatic carbocycles. The van der Waals surface area contributed by atoms with Crippen molar-refractivity contribution in [2.45, 2.75) is 61.9 Å². The van der Waals surface area contributed by atoms with Crippen LogP contribution < -0.4 is 9.47 Å². The fraction of sp³-hybridized carbons (Fsp3) is 0.577. The molecule has 3 aliphatic heterocycles. The van der Waals surface area contributed by atoms with Crippen molar-refractivity contribution in [3.8, 4) is 17.2 Å². The van der Waals surface area contributed by atoms with E-state index < -0.39 is 35.7 Å². The Morgan fingerprint density at radius 3 is 2.54 bits per heavy atom. The van der Waals surface area contributed by atoms with Gasteiger partial charge in [0.1, 0.15) is 23.4 Å². The number of ether oxygens (including phenoxy) is 7. The summed E-state index contributed by atoms with van der Waals surface area (Å²) in [4.78, 5) is 13.0. The van der Waals surface area contributed by atoms with Gasteiger partial charge in [-0.15, -0.1) is 0 Å². The van der Waals surface area contributed by atoms with E-state index in [0.29, 0.717) is 46.9 Å². The summed E-state index contributed by atoms with van der Waals surface area (Å²) in [6.07, 6.45) is -1.18. The first kappa shape index (κ1) is 25.3. The molecule has 0 spiro atoms. The zero-order valence-corrected chi connectivity index (χ0v) is 22.8. The first-order chi connectivity index (χ1) is 17.7. The van der Waals surface area contributed by atoms with Crippen LogP contribution in [-0.2, 0) is 30.1 Å². The topological polar surface area (TPSA) is 122 Å². The highest BCUT2D eigenvalue weighted by Gasteiger charge is 2.87. The SMILES string of the molecule is COc1c2c(c(O)c3c4c(c(C)cc13)C1OC3(C(OC)OC)OC1[C@@](OC)(O4)[C@@]3(O)CBr)C(=O)CCC2. The molecule has 3 heterocycles. The van der Waals surface area contributed by atoms with Crippen LogP contribution in [0, 0.1) is 6.92 Å². The number of rotatable bonds is 6. The van der Waals surface area contributed by atoms with Crippen molar-refractivity contribution in [1.82, 2.24) is 0 Å². The van der Waals surface area contributed by atoms with Gasteiger partial charge in [-0.25, -0.2) is 0 Å². The Morgan fingerprint density at radius 1 is 1.19 bits per heavy atom.